The van der Waals surface area contributed by atoms with Crippen LogP contribution in [0, 0.1) is 5.82 Å². The molecule has 0 aliphatic rings. The highest BCUT2D eigenvalue weighted by Gasteiger charge is 2.08. The van der Waals surface area contributed by atoms with Crippen LogP contribution in [0.4, 0.5) is 9.52 Å². The summed E-state index contributed by atoms with van der Waals surface area (Å²) in [6, 6.07) is 6.86. The average molecular weight is 308 g/mol. The summed E-state index contributed by atoms with van der Waals surface area (Å²) in [5.41, 5.74) is 1.04. The molecule has 6 heteroatoms. The predicted octanol–water partition coefficient (Wildman–Crippen LogP) is 3.02. The van der Waals surface area contributed by atoms with Crippen molar-refractivity contribution in [1.29, 1.82) is 0 Å². The summed E-state index contributed by atoms with van der Waals surface area (Å²) in [5, 5.41) is 13.5. The van der Waals surface area contributed by atoms with E-state index in [0.717, 1.165) is 28.7 Å². The van der Waals surface area contributed by atoms with Crippen molar-refractivity contribution in [3.63, 3.8) is 0 Å². The number of nitrogens with one attached hydrogen (secondary N) is 1. The number of aromatic nitrogens is 2. The van der Waals surface area contributed by atoms with Gasteiger partial charge in [0, 0.05) is 12.5 Å². The number of rotatable bonds is 7. The van der Waals surface area contributed by atoms with Crippen molar-refractivity contribution >= 4 is 16.5 Å². The number of hydrogen-bond acceptors (Lipinski definition) is 5. The Labute approximate surface area is 129 Å². The molecule has 21 heavy (non-hydrogen) atoms. The zero-order chi connectivity index (χ0) is 15.2. The molecule has 2 rings (SSSR count). The van der Waals surface area contributed by atoms with Gasteiger partial charge < -0.3 is 10.2 Å². The molecule has 4 nitrogen and oxygen atoms in total. The van der Waals surface area contributed by atoms with Gasteiger partial charge in [-0.25, -0.2) is 4.39 Å². The first-order valence-corrected chi connectivity index (χ1v) is 7.82. The van der Waals surface area contributed by atoms with E-state index in [1.807, 2.05) is 0 Å². The molecule has 1 atom stereocenters. The van der Waals surface area contributed by atoms with Gasteiger partial charge in [-0.05, 0) is 51.7 Å². The van der Waals surface area contributed by atoms with Crippen LogP contribution < -0.4 is 5.32 Å². The topological polar surface area (TPSA) is 41.0 Å². The van der Waals surface area contributed by atoms with Crippen LogP contribution in [0.3, 0.4) is 0 Å². The molecule has 0 aliphatic heterocycles. The molecule has 0 fully saturated rings. The summed E-state index contributed by atoms with van der Waals surface area (Å²) < 4.78 is 12.9. The van der Waals surface area contributed by atoms with Crippen molar-refractivity contribution in [2.75, 3.05) is 26.0 Å². The number of hydrogen-bond donors (Lipinski definition) is 1. The average Bonchev–Trinajstić information content (AvgIpc) is 2.86. The lowest BCUT2D eigenvalue weighted by Gasteiger charge is -2.15. The fraction of sp³-hybridized carbons (Fsp3) is 0.467. The van der Waals surface area contributed by atoms with Crippen molar-refractivity contribution in [3.05, 3.63) is 40.7 Å². The normalized spacial score (nSPS) is 12.6. The molecule has 0 saturated carbocycles. The molecule has 2 aromatic rings. The van der Waals surface area contributed by atoms with E-state index in [1.54, 1.807) is 23.5 Å². The van der Waals surface area contributed by atoms with E-state index in [2.05, 4.69) is 41.4 Å². The van der Waals surface area contributed by atoms with Crippen LogP contribution in [0.5, 0.6) is 0 Å². The third-order valence-corrected chi connectivity index (χ3v) is 3.97. The fourth-order valence-corrected chi connectivity index (χ4v) is 2.78. The molecule has 0 bridgehead atoms. The molecule has 1 aromatic heterocycles. The molecule has 0 spiro atoms. The zero-order valence-corrected chi connectivity index (χ0v) is 13.5. The monoisotopic (exact) mass is 308 g/mol. The van der Waals surface area contributed by atoms with Crippen LogP contribution in [0.2, 0.25) is 0 Å². The number of anilines is 1. The van der Waals surface area contributed by atoms with Gasteiger partial charge in [0.05, 0.1) is 0 Å². The smallest absolute Gasteiger partial charge is 0.205 e. The van der Waals surface area contributed by atoms with Crippen LogP contribution in [0.1, 0.15) is 23.9 Å². The van der Waals surface area contributed by atoms with Gasteiger partial charge in [0.1, 0.15) is 10.8 Å². The van der Waals surface area contributed by atoms with Gasteiger partial charge in [0.15, 0.2) is 0 Å². The minimum absolute atomic E-state index is 0.215. The van der Waals surface area contributed by atoms with Crippen LogP contribution >= 0.6 is 11.3 Å². The second-order valence-electron chi connectivity index (χ2n) is 5.44. The lowest BCUT2D eigenvalue weighted by Crippen LogP contribution is -2.22. The van der Waals surface area contributed by atoms with Crippen molar-refractivity contribution in [3.8, 4) is 0 Å². The summed E-state index contributed by atoms with van der Waals surface area (Å²) in [5.74, 6) is -0.215. The summed E-state index contributed by atoms with van der Waals surface area (Å²) in [6.45, 7) is 3.18. The van der Waals surface area contributed by atoms with E-state index >= 15 is 0 Å². The summed E-state index contributed by atoms with van der Waals surface area (Å²) in [6.07, 6.45) is 1.74. The second kappa shape index (κ2) is 7.47. The number of nitrogens with zero attached hydrogens (tertiary/aromatic N) is 3. The highest BCUT2D eigenvalue weighted by atomic mass is 32.1. The van der Waals surface area contributed by atoms with Crippen LogP contribution in [-0.2, 0) is 6.42 Å². The SMILES string of the molecule is CC(CCN(C)C)Nc1nnc(Cc2ccc(F)cc2)s1. The second-order valence-corrected chi connectivity index (χ2v) is 6.50. The molecule has 0 saturated heterocycles. The van der Waals surface area contributed by atoms with E-state index < -0.39 is 0 Å². The molecular formula is C15H21FN4S. The Morgan fingerprint density at radius 3 is 2.62 bits per heavy atom. The van der Waals surface area contributed by atoms with Gasteiger partial charge in [-0.3, -0.25) is 0 Å². The van der Waals surface area contributed by atoms with Crippen LogP contribution in [-0.4, -0.2) is 41.8 Å². The van der Waals surface area contributed by atoms with E-state index in [4.69, 9.17) is 0 Å². The molecule has 1 N–H and O–H groups in total. The minimum Gasteiger partial charge on any atom is -0.358 e. The van der Waals surface area contributed by atoms with Crippen molar-refractivity contribution in [1.82, 2.24) is 15.1 Å². The highest BCUT2D eigenvalue weighted by Crippen LogP contribution is 2.19. The Kier molecular flexibility index (Phi) is 5.64. The van der Waals surface area contributed by atoms with Gasteiger partial charge >= 0.3 is 0 Å². The van der Waals surface area contributed by atoms with Crippen molar-refractivity contribution in [2.45, 2.75) is 25.8 Å². The van der Waals surface area contributed by atoms with Crippen LogP contribution in [0.15, 0.2) is 24.3 Å². The lowest BCUT2D eigenvalue weighted by molar-refractivity contribution is 0.390. The van der Waals surface area contributed by atoms with Gasteiger partial charge in [0.2, 0.25) is 5.13 Å². The molecule has 1 aromatic carbocycles. The molecule has 114 valence electrons. The third-order valence-electron chi connectivity index (χ3n) is 3.11. The summed E-state index contributed by atoms with van der Waals surface area (Å²) >= 11 is 1.55. The van der Waals surface area contributed by atoms with Gasteiger partial charge in [-0.15, -0.1) is 10.2 Å². The Balaban J connectivity index is 1.87. The number of halogens is 1. The fourth-order valence-electron chi connectivity index (χ4n) is 1.90. The Bertz CT molecular complexity index is 553. The lowest BCUT2D eigenvalue weighted by atomic mass is 10.2. The maximum atomic E-state index is 12.9. The molecule has 1 unspecified atom stereocenters. The third kappa shape index (κ3) is 5.40. The summed E-state index contributed by atoms with van der Waals surface area (Å²) in [7, 11) is 4.14. The Hall–Kier alpha value is -1.53. The predicted molar refractivity (Wildman–Crippen MR) is 85.4 cm³/mol. The quantitative estimate of drug-likeness (QED) is 0.853. The standard InChI is InChI=1S/C15H21FN4S/c1-11(8-9-20(2)3)17-15-19-18-14(21-15)10-12-4-6-13(16)7-5-12/h4-7,11H,8-10H2,1-3H3,(H,17,19). The minimum atomic E-state index is -0.215. The molecular weight excluding hydrogens is 287 g/mol. The van der Waals surface area contributed by atoms with Gasteiger partial charge in [-0.2, -0.15) is 0 Å². The van der Waals surface area contributed by atoms with Crippen molar-refractivity contribution < 1.29 is 4.39 Å². The largest absolute Gasteiger partial charge is 0.358 e. The van der Waals surface area contributed by atoms with Gasteiger partial charge in [0.25, 0.3) is 0 Å². The van der Waals surface area contributed by atoms with Crippen molar-refractivity contribution in [2.24, 2.45) is 0 Å². The van der Waals surface area contributed by atoms with Crippen LogP contribution in [0.25, 0.3) is 0 Å². The van der Waals surface area contributed by atoms with Gasteiger partial charge in [-0.1, -0.05) is 23.5 Å². The first-order chi connectivity index (χ1) is 10.0. The molecule has 1 heterocycles. The van der Waals surface area contributed by atoms with E-state index in [1.165, 1.54) is 12.1 Å². The first-order valence-electron chi connectivity index (χ1n) is 7.01. The number of benzene rings is 1. The van der Waals surface area contributed by atoms with E-state index in [-0.39, 0.29) is 5.82 Å². The highest BCUT2D eigenvalue weighted by molar-refractivity contribution is 7.15. The van der Waals surface area contributed by atoms with E-state index in [0.29, 0.717) is 12.5 Å². The Morgan fingerprint density at radius 2 is 1.95 bits per heavy atom. The summed E-state index contributed by atoms with van der Waals surface area (Å²) in [4.78, 5) is 2.16. The van der Waals surface area contributed by atoms with E-state index in [9.17, 15) is 4.39 Å². The molecule has 0 amide bonds. The zero-order valence-electron chi connectivity index (χ0n) is 12.6. The maximum absolute atomic E-state index is 12.9. The maximum Gasteiger partial charge on any atom is 0.205 e. The Morgan fingerprint density at radius 1 is 1.24 bits per heavy atom. The molecule has 0 aliphatic carbocycles. The molecule has 0 radical (unpaired) electrons. The first kappa shape index (κ1) is 15.9.